The number of aliphatic hydroxyl groups is 1. The van der Waals surface area contributed by atoms with Crippen LogP contribution >= 0.6 is 0 Å². The molecule has 1 N–H and O–H groups in total. The highest BCUT2D eigenvalue weighted by atomic mass is 19.2. The summed E-state index contributed by atoms with van der Waals surface area (Å²) in [7, 11) is 0. The minimum absolute atomic E-state index is 0.0497. The topological polar surface area (TPSA) is 23.5 Å². The van der Waals surface area contributed by atoms with Crippen molar-refractivity contribution in [1.29, 1.82) is 0 Å². The maximum absolute atomic E-state index is 14.2. The van der Waals surface area contributed by atoms with Gasteiger partial charge in [-0.15, -0.1) is 0 Å². The Balaban J connectivity index is 3.36. The molecule has 21 heavy (non-hydrogen) atoms. The SMILES string of the molecule is CCN(CC)C(CC)(CC)C(O)c1ccc(C)c(F)c1F. The van der Waals surface area contributed by atoms with Gasteiger partial charge in [-0.05, 0) is 38.4 Å². The standard InChI is InChI=1S/C17H27F2NO/c1-6-17(7-2,20(8-3)9-4)16(21)13-11-10-12(5)14(18)15(13)19/h10-11,16,21H,6-9H2,1-5H3. The molecule has 0 saturated carbocycles. The van der Waals surface area contributed by atoms with Crippen molar-refractivity contribution in [3.8, 4) is 0 Å². The molecule has 0 aliphatic rings. The van der Waals surface area contributed by atoms with Crippen molar-refractivity contribution in [3.05, 3.63) is 34.9 Å². The molecule has 0 amide bonds. The number of aryl methyl sites for hydroxylation is 1. The summed E-state index contributed by atoms with van der Waals surface area (Å²) < 4.78 is 28.0. The van der Waals surface area contributed by atoms with Gasteiger partial charge in [-0.2, -0.15) is 0 Å². The van der Waals surface area contributed by atoms with Crippen molar-refractivity contribution in [2.75, 3.05) is 13.1 Å². The molecule has 120 valence electrons. The monoisotopic (exact) mass is 299 g/mol. The van der Waals surface area contributed by atoms with E-state index in [0.717, 1.165) is 13.1 Å². The Morgan fingerprint density at radius 2 is 1.57 bits per heavy atom. The molecule has 1 rings (SSSR count). The third-order valence-corrected chi connectivity index (χ3v) is 4.73. The van der Waals surface area contributed by atoms with Gasteiger partial charge in [-0.1, -0.05) is 39.8 Å². The molecular formula is C17H27F2NO. The predicted molar refractivity (Wildman–Crippen MR) is 82.3 cm³/mol. The van der Waals surface area contributed by atoms with Gasteiger partial charge in [0.05, 0.1) is 5.54 Å². The second-order valence-corrected chi connectivity index (χ2v) is 5.49. The van der Waals surface area contributed by atoms with Crippen molar-refractivity contribution in [1.82, 2.24) is 4.90 Å². The van der Waals surface area contributed by atoms with Crippen molar-refractivity contribution >= 4 is 0 Å². The Labute approximate surface area is 126 Å². The molecule has 0 aliphatic heterocycles. The number of hydrogen-bond donors (Lipinski definition) is 1. The first-order valence-corrected chi connectivity index (χ1v) is 7.77. The smallest absolute Gasteiger partial charge is 0.164 e. The largest absolute Gasteiger partial charge is 0.386 e. The Bertz CT molecular complexity index is 468. The highest BCUT2D eigenvalue weighted by Crippen LogP contribution is 2.38. The van der Waals surface area contributed by atoms with Crippen molar-refractivity contribution in [3.63, 3.8) is 0 Å². The van der Waals surface area contributed by atoms with Gasteiger partial charge in [0.2, 0.25) is 0 Å². The number of nitrogens with zero attached hydrogens (tertiary/aromatic N) is 1. The van der Waals surface area contributed by atoms with Gasteiger partial charge in [-0.3, -0.25) is 4.90 Å². The average molecular weight is 299 g/mol. The van der Waals surface area contributed by atoms with Crippen LogP contribution in [-0.2, 0) is 0 Å². The fourth-order valence-corrected chi connectivity index (χ4v) is 3.27. The summed E-state index contributed by atoms with van der Waals surface area (Å²) in [6.45, 7) is 11.0. The first kappa shape index (κ1) is 18.1. The van der Waals surface area contributed by atoms with E-state index in [-0.39, 0.29) is 11.1 Å². The summed E-state index contributed by atoms with van der Waals surface area (Å²) in [4.78, 5) is 2.13. The molecular weight excluding hydrogens is 272 g/mol. The molecule has 0 spiro atoms. The lowest BCUT2D eigenvalue weighted by Gasteiger charge is -2.46. The first-order valence-electron chi connectivity index (χ1n) is 7.77. The highest BCUT2D eigenvalue weighted by Gasteiger charge is 2.41. The van der Waals surface area contributed by atoms with Gasteiger partial charge in [-0.25, -0.2) is 8.78 Å². The highest BCUT2D eigenvalue weighted by molar-refractivity contribution is 5.29. The average Bonchev–Trinajstić information content (AvgIpc) is 2.50. The van der Waals surface area contributed by atoms with Crippen LogP contribution in [0, 0.1) is 18.6 Å². The number of hydrogen-bond acceptors (Lipinski definition) is 2. The van der Waals surface area contributed by atoms with E-state index in [2.05, 4.69) is 4.90 Å². The van der Waals surface area contributed by atoms with E-state index >= 15 is 0 Å². The van der Waals surface area contributed by atoms with Crippen molar-refractivity contribution in [2.24, 2.45) is 0 Å². The molecule has 0 radical (unpaired) electrons. The first-order chi connectivity index (χ1) is 9.89. The summed E-state index contributed by atoms with van der Waals surface area (Å²) >= 11 is 0. The molecule has 4 heteroatoms. The van der Waals surface area contributed by atoms with Crippen LogP contribution in [0.25, 0.3) is 0 Å². The summed E-state index contributed by atoms with van der Waals surface area (Å²) in [6.07, 6.45) is 0.283. The van der Waals surface area contributed by atoms with E-state index in [1.807, 2.05) is 27.7 Å². The Kier molecular flexibility index (Phi) is 6.29. The molecule has 2 nitrogen and oxygen atoms in total. The molecule has 0 aromatic heterocycles. The Hall–Kier alpha value is -1.00. The number of rotatable bonds is 7. The van der Waals surface area contributed by atoms with E-state index in [9.17, 15) is 13.9 Å². The quantitative estimate of drug-likeness (QED) is 0.815. The number of aliphatic hydroxyl groups excluding tert-OH is 1. The molecule has 0 bridgehead atoms. The van der Waals surface area contributed by atoms with Gasteiger partial charge >= 0.3 is 0 Å². The molecule has 1 aromatic carbocycles. The van der Waals surface area contributed by atoms with Crippen LogP contribution in [0.3, 0.4) is 0 Å². The van der Waals surface area contributed by atoms with Gasteiger partial charge in [0.25, 0.3) is 0 Å². The van der Waals surface area contributed by atoms with Gasteiger partial charge in [0.15, 0.2) is 11.6 Å². The summed E-state index contributed by atoms with van der Waals surface area (Å²) in [6, 6.07) is 3.03. The van der Waals surface area contributed by atoms with E-state index in [0.29, 0.717) is 12.8 Å². The van der Waals surface area contributed by atoms with E-state index in [1.165, 1.54) is 19.1 Å². The molecule has 1 aromatic rings. The van der Waals surface area contributed by atoms with Crippen LogP contribution in [0.15, 0.2) is 12.1 Å². The number of benzene rings is 1. The van der Waals surface area contributed by atoms with Crippen LogP contribution in [0.1, 0.15) is 57.8 Å². The van der Waals surface area contributed by atoms with Crippen molar-refractivity contribution in [2.45, 2.75) is 59.1 Å². The fourth-order valence-electron chi connectivity index (χ4n) is 3.27. The minimum Gasteiger partial charge on any atom is -0.386 e. The van der Waals surface area contributed by atoms with Crippen LogP contribution in [0.2, 0.25) is 0 Å². The lowest BCUT2D eigenvalue weighted by Crippen LogP contribution is -2.52. The maximum Gasteiger partial charge on any atom is 0.164 e. The zero-order valence-corrected chi connectivity index (χ0v) is 13.7. The lowest BCUT2D eigenvalue weighted by molar-refractivity contribution is -0.0384. The Morgan fingerprint density at radius 3 is 2.00 bits per heavy atom. The maximum atomic E-state index is 14.2. The number of halogens is 2. The predicted octanol–water partition coefficient (Wildman–Crippen LogP) is 4.21. The van der Waals surface area contributed by atoms with E-state index in [4.69, 9.17) is 0 Å². The van der Waals surface area contributed by atoms with Gasteiger partial charge in [0, 0.05) is 5.56 Å². The van der Waals surface area contributed by atoms with Crippen LogP contribution in [0.5, 0.6) is 0 Å². The Morgan fingerprint density at radius 1 is 1.05 bits per heavy atom. The lowest BCUT2D eigenvalue weighted by atomic mass is 9.80. The zero-order chi connectivity index (χ0) is 16.2. The summed E-state index contributed by atoms with van der Waals surface area (Å²) in [5.41, 5.74) is -0.273. The molecule has 1 atom stereocenters. The van der Waals surface area contributed by atoms with Crippen LogP contribution < -0.4 is 0 Å². The van der Waals surface area contributed by atoms with Gasteiger partial charge in [0.1, 0.15) is 6.10 Å². The third kappa shape index (κ3) is 3.11. The molecule has 0 aliphatic carbocycles. The molecule has 0 heterocycles. The fraction of sp³-hybridized carbons (Fsp3) is 0.647. The van der Waals surface area contributed by atoms with E-state index in [1.54, 1.807) is 0 Å². The minimum atomic E-state index is -1.05. The van der Waals surface area contributed by atoms with Crippen molar-refractivity contribution < 1.29 is 13.9 Å². The van der Waals surface area contributed by atoms with Crippen LogP contribution in [0.4, 0.5) is 8.78 Å². The summed E-state index contributed by atoms with van der Waals surface area (Å²) in [5.74, 6) is -1.80. The normalized spacial score (nSPS) is 13.8. The van der Waals surface area contributed by atoms with E-state index < -0.39 is 23.3 Å². The second kappa shape index (κ2) is 7.32. The third-order valence-electron chi connectivity index (χ3n) is 4.73. The molecule has 0 saturated heterocycles. The molecule has 1 unspecified atom stereocenters. The van der Waals surface area contributed by atoms with Crippen LogP contribution in [-0.4, -0.2) is 28.6 Å². The molecule has 0 fully saturated rings. The summed E-state index contributed by atoms with van der Waals surface area (Å²) in [5, 5.41) is 10.8. The van der Waals surface area contributed by atoms with Gasteiger partial charge < -0.3 is 5.11 Å². The zero-order valence-electron chi connectivity index (χ0n) is 13.7. The second-order valence-electron chi connectivity index (χ2n) is 5.49. The number of likely N-dealkylation sites (N-methyl/N-ethyl adjacent to an activating group) is 1.